The zero-order chi connectivity index (χ0) is 14.7. The van der Waals surface area contributed by atoms with Crippen LogP contribution in [0.15, 0.2) is 16.8 Å². The molecular formula is C19H29NO. The zero-order valence-electron chi connectivity index (χ0n) is 13.6. The van der Waals surface area contributed by atoms with Crippen LogP contribution in [0.3, 0.4) is 0 Å². The van der Waals surface area contributed by atoms with Crippen LogP contribution in [0.5, 0.6) is 0 Å². The number of allylic oxidation sites excluding steroid dienone is 2. The number of fused-ring (bicyclic) bond motifs is 5. The highest BCUT2D eigenvalue weighted by atomic mass is 16.4. The van der Waals surface area contributed by atoms with Gasteiger partial charge in [-0.1, -0.05) is 37.4 Å². The van der Waals surface area contributed by atoms with Gasteiger partial charge in [-0.2, -0.15) is 0 Å². The summed E-state index contributed by atoms with van der Waals surface area (Å²) < 4.78 is 0. The van der Waals surface area contributed by atoms with E-state index >= 15 is 0 Å². The molecular weight excluding hydrogens is 258 g/mol. The first-order valence-corrected chi connectivity index (χ1v) is 9.01. The van der Waals surface area contributed by atoms with Crippen LogP contribution in [-0.2, 0) is 0 Å². The molecule has 116 valence electrons. The summed E-state index contributed by atoms with van der Waals surface area (Å²) in [6.45, 7) is 5.01. The molecule has 2 heteroatoms. The van der Waals surface area contributed by atoms with E-state index in [0.29, 0.717) is 16.7 Å². The third-order valence-corrected chi connectivity index (χ3v) is 7.77. The van der Waals surface area contributed by atoms with Crippen molar-refractivity contribution >= 4 is 5.71 Å². The van der Waals surface area contributed by atoms with E-state index in [9.17, 15) is 5.21 Å². The SMILES string of the molecule is C[C@@]12CCC[C@H]1[C@@H]1/C(=N\O)C=C3CCCC[C@]3(C)[C@H]1CC2. The number of oxime groups is 1. The summed E-state index contributed by atoms with van der Waals surface area (Å²) in [6, 6.07) is 0. The molecule has 0 bridgehead atoms. The standard InChI is InChI=1S/C19H29NO/c1-18-9-5-7-14(18)17-15(8-11-18)19(2)10-4-3-6-13(19)12-16(17)20-21/h12,14-15,17,21H,3-11H2,1-2H3/b20-16-/t14-,15-,17-,18-,19-/m0/s1. The van der Waals surface area contributed by atoms with E-state index in [4.69, 9.17) is 0 Å². The average Bonchev–Trinajstić information content (AvgIpc) is 2.87. The molecule has 3 fully saturated rings. The van der Waals surface area contributed by atoms with Crippen molar-refractivity contribution in [3.05, 3.63) is 11.6 Å². The second-order valence-corrected chi connectivity index (χ2v) is 8.64. The van der Waals surface area contributed by atoms with Gasteiger partial charge in [0.05, 0.1) is 5.71 Å². The average molecular weight is 287 g/mol. The van der Waals surface area contributed by atoms with Crippen molar-refractivity contribution in [1.29, 1.82) is 0 Å². The second kappa shape index (κ2) is 4.60. The van der Waals surface area contributed by atoms with Crippen LogP contribution in [-0.4, -0.2) is 10.9 Å². The Bertz CT molecular complexity index is 508. The van der Waals surface area contributed by atoms with Crippen molar-refractivity contribution in [1.82, 2.24) is 0 Å². The van der Waals surface area contributed by atoms with Gasteiger partial charge in [0.2, 0.25) is 0 Å². The summed E-state index contributed by atoms with van der Waals surface area (Å²) in [5.74, 6) is 1.99. The van der Waals surface area contributed by atoms with Crippen molar-refractivity contribution in [2.45, 2.75) is 71.6 Å². The van der Waals surface area contributed by atoms with Gasteiger partial charge in [-0.25, -0.2) is 0 Å². The van der Waals surface area contributed by atoms with Crippen LogP contribution in [0.4, 0.5) is 0 Å². The summed E-state index contributed by atoms with van der Waals surface area (Å²) in [5.41, 5.74) is 3.51. The quantitative estimate of drug-likeness (QED) is 0.484. The summed E-state index contributed by atoms with van der Waals surface area (Å²) >= 11 is 0. The lowest BCUT2D eigenvalue weighted by Gasteiger charge is -2.56. The van der Waals surface area contributed by atoms with Gasteiger partial charge in [0.15, 0.2) is 0 Å². The van der Waals surface area contributed by atoms with Crippen LogP contribution in [0, 0.1) is 28.6 Å². The summed E-state index contributed by atoms with van der Waals surface area (Å²) in [5, 5.41) is 13.4. The molecule has 3 saturated carbocycles. The highest BCUT2D eigenvalue weighted by Crippen LogP contribution is 2.64. The van der Waals surface area contributed by atoms with Gasteiger partial charge in [0.25, 0.3) is 0 Å². The summed E-state index contributed by atoms with van der Waals surface area (Å²) in [6.07, 6.45) is 14.4. The maximum absolute atomic E-state index is 9.65. The molecule has 0 aromatic carbocycles. The molecule has 1 N–H and O–H groups in total. The molecule has 4 aliphatic carbocycles. The van der Waals surface area contributed by atoms with Crippen molar-refractivity contribution < 1.29 is 5.21 Å². The van der Waals surface area contributed by atoms with Crippen LogP contribution >= 0.6 is 0 Å². The number of hydrogen-bond donors (Lipinski definition) is 1. The fourth-order valence-electron chi connectivity index (χ4n) is 6.54. The zero-order valence-corrected chi connectivity index (χ0v) is 13.6. The first kappa shape index (κ1) is 13.8. The highest BCUT2D eigenvalue weighted by Gasteiger charge is 2.57. The molecule has 4 aliphatic rings. The van der Waals surface area contributed by atoms with Gasteiger partial charge in [-0.3, -0.25) is 0 Å². The third kappa shape index (κ3) is 1.80. The van der Waals surface area contributed by atoms with E-state index in [1.165, 1.54) is 57.8 Å². The van der Waals surface area contributed by atoms with E-state index in [2.05, 4.69) is 25.1 Å². The van der Waals surface area contributed by atoms with Crippen molar-refractivity contribution in [3.8, 4) is 0 Å². The molecule has 5 atom stereocenters. The van der Waals surface area contributed by atoms with Crippen LogP contribution in [0.25, 0.3) is 0 Å². The van der Waals surface area contributed by atoms with Gasteiger partial charge < -0.3 is 5.21 Å². The number of rotatable bonds is 0. The molecule has 0 saturated heterocycles. The van der Waals surface area contributed by atoms with Crippen LogP contribution in [0.2, 0.25) is 0 Å². The molecule has 0 heterocycles. The second-order valence-electron chi connectivity index (χ2n) is 8.64. The van der Waals surface area contributed by atoms with Crippen LogP contribution in [0.1, 0.15) is 71.6 Å². The predicted molar refractivity (Wildman–Crippen MR) is 85.5 cm³/mol. The van der Waals surface area contributed by atoms with Gasteiger partial charge in [0.1, 0.15) is 0 Å². The molecule has 0 aromatic heterocycles. The molecule has 0 unspecified atom stereocenters. The Morgan fingerprint density at radius 3 is 2.71 bits per heavy atom. The van der Waals surface area contributed by atoms with E-state index in [-0.39, 0.29) is 0 Å². The van der Waals surface area contributed by atoms with Crippen molar-refractivity contribution in [2.24, 2.45) is 33.7 Å². The lowest BCUT2D eigenvalue weighted by molar-refractivity contribution is 0.00887. The summed E-state index contributed by atoms with van der Waals surface area (Å²) in [4.78, 5) is 0. The van der Waals surface area contributed by atoms with E-state index < -0.39 is 0 Å². The van der Waals surface area contributed by atoms with Gasteiger partial charge in [-0.05, 0) is 73.7 Å². The van der Waals surface area contributed by atoms with Gasteiger partial charge in [0, 0.05) is 5.92 Å². The Hall–Kier alpha value is -0.790. The topological polar surface area (TPSA) is 32.6 Å². The normalized spacial score (nSPS) is 51.0. The maximum atomic E-state index is 9.65. The van der Waals surface area contributed by atoms with E-state index in [1.54, 1.807) is 5.57 Å². The smallest absolute Gasteiger partial charge is 0.0832 e. The maximum Gasteiger partial charge on any atom is 0.0832 e. The molecule has 0 amide bonds. The Kier molecular flexibility index (Phi) is 3.03. The largest absolute Gasteiger partial charge is 0.411 e. The lowest BCUT2D eigenvalue weighted by atomic mass is 9.48. The monoisotopic (exact) mass is 287 g/mol. The molecule has 0 radical (unpaired) electrons. The predicted octanol–water partition coefficient (Wildman–Crippen LogP) is 5.17. The Morgan fingerprint density at radius 1 is 1.05 bits per heavy atom. The van der Waals surface area contributed by atoms with E-state index in [1.807, 2.05) is 0 Å². The fraction of sp³-hybridized carbons (Fsp3) is 0.842. The molecule has 2 nitrogen and oxygen atoms in total. The van der Waals surface area contributed by atoms with Crippen LogP contribution < -0.4 is 0 Å². The summed E-state index contributed by atoms with van der Waals surface area (Å²) in [7, 11) is 0. The molecule has 0 spiro atoms. The minimum absolute atomic E-state index is 0.390. The minimum Gasteiger partial charge on any atom is -0.411 e. The number of hydrogen-bond acceptors (Lipinski definition) is 2. The van der Waals surface area contributed by atoms with Gasteiger partial charge >= 0.3 is 0 Å². The molecule has 0 aliphatic heterocycles. The lowest BCUT2D eigenvalue weighted by Crippen LogP contribution is -2.51. The Morgan fingerprint density at radius 2 is 1.90 bits per heavy atom. The Labute approximate surface area is 128 Å². The first-order chi connectivity index (χ1) is 10.1. The molecule has 21 heavy (non-hydrogen) atoms. The van der Waals surface area contributed by atoms with Crippen molar-refractivity contribution in [3.63, 3.8) is 0 Å². The molecule has 4 rings (SSSR count). The minimum atomic E-state index is 0.390. The Balaban J connectivity index is 1.80. The highest BCUT2D eigenvalue weighted by molar-refractivity contribution is 5.99. The number of nitrogens with zero attached hydrogens (tertiary/aromatic N) is 1. The fourth-order valence-corrected chi connectivity index (χ4v) is 6.54. The van der Waals surface area contributed by atoms with Crippen molar-refractivity contribution in [2.75, 3.05) is 0 Å². The first-order valence-electron chi connectivity index (χ1n) is 9.01. The third-order valence-electron chi connectivity index (χ3n) is 7.77. The molecule has 0 aromatic rings. The van der Waals surface area contributed by atoms with E-state index in [0.717, 1.165) is 17.5 Å². The van der Waals surface area contributed by atoms with Gasteiger partial charge in [-0.15, -0.1) is 0 Å².